The Kier molecular flexibility index (Phi) is 5.36. The van der Waals surface area contributed by atoms with Gasteiger partial charge in [0.25, 0.3) is 0 Å². The molecule has 0 radical (unpaired) electrons. The van der Waals surface area contributed by atoms with Gasteiger partial charge in [-0.25, -0.2) is 12.7 Å². The number of amides is 1. The van der Waals surface area contributed by atoms with Gasteiger partial charge in [-0.3, -0.25) is 4.79 Å². The molecular weight excluding hydrogens is 288 g/mol. The predicted octanol–water partition coefficient (Wildman–Crippen LogP) is 1.43. The van der Waals surface area contributed by atoms with Crippen molar-refractivity contribution in [1.82, 2.24) is 9.62 Å². The minimum absolute atomic E-state index is 0.114. The van der Waals surface area contributed by atoms with Gasteiger partial charge in [0.15, 0.2) is 0 Å². The van der Waals surface area contributed by atoms with Gasteiger partial charge in [0.2, 0.25) is 15.9 Å². The van der Waals surface area contributed by atoms with E-state index in [0.717, 1.165) is 18.4 Å². The van der Waals surface area contributed by atoms with Crippen molar-refractivity contribution in [2.75, 3.05) is 18.8 Å². The van der Waals surface area contributed by atoms with Crippen molar-refractivity contribution in [3.05, 3.63) is 35.4 Å². The molecule has 1 N–H and O–H groups in total. The second-order valence-electron chi connectivity index (χ2n) is 5.43. The van der Waals surface area contributed by atoms with Crippen molar-refractivity contribution in [1.29, 1.82) is 0 Å². The highest BCUT2D eigenvalue weighted by Gasteiger charge is 2.25. The lowest BCUT2D eigenvalue weighted by atomic mass is 10.1. The van der Waals surface area contributed by atoms with Crippen molar-refractivity contribution in [2.24, 2.45) is 0 Å². The van der Waals surface area contributed by atoms with E-state index < -0.39 is 10.0 Å². The van der Waals surface area contributed by atoms with Crippen LogP contribution in [0, 0.1) is 6.92 Å². The summed E-state index contributed by atoms with van der Waals surface area (Å²) >= 11 is 0. The molecule has 1 aliphatic heterocycles. The molecule has 1 heterocycles. The molecule has 116 valence electrons. The summed E-state index contributed by atoms with van der Waals surface area (Å²) in [4.78, 5) is 11.8. The van der Waals surface area contributed by atoms with Gasteiger partial charge in [-0.1, -0.05) is 29.8 Å². The molecule has 6 heteroatoms. The van der Waals surface area contributed by atoms with Crippen molar-refractivity contribution in [2.45, 2.75) is 32.7 Å². The van der Waals surface area contributed by atoms with Crippen LogP contribution in [0.3, 0.4) is 0 Å². The van der Waals surface area contributed by atoms with E-state index in [1.54, 1.807) is 0 Å². The maximum Gasteiger partial charge on any atom is 0.221 e. The standard InChI is InChI=1S/C15H22N2O3S/c1-13-4-6-14(7-5-13)12-16-15(18)8-10-17-9-2-3-11-21(17,19)20/h4-7H,2-3,8-12H2,1H3,(H,16,18). The molecule has 0 saturated carbocycles. The van der Waals surface area contributed by atoms with Crippen LogP contribution in [0.15, 0.2) is 24.3 Å². The molecule has 0 aliphatic carbocycles. The number of hydrogen-bond donors (Lipinski definition) is 1. The van der Waals surface area contributed by atoms with E-state index in [9.17, 15) is 13.2 Å². The van der Waals surface area contributed by atoms with Crippen molar-refractivity contribution < 1.29 is 13.2 Å². The number of hydrogen-bond acceptors (Lipinski definition) is 3. The highest BCUT2D eigenvalue weighted by molar-refractivity contribution is 7.89. The lowest BCUT2D eigenvalue weighted by Crippen LogP contribution is -2.40. The van der Waals surface area contributed by atoms with E-state index in [1.807, 2.05) is 31.2 Å². The van der Waals surface area contributed by atoms with E-state index in [2.05, 4.69) is 5.32 Å². The average molecular weight is 310 g/mol. The quantitative estimate of drug-likeness (QED) is 0.894. The fraction of sp³-hybridized carbons (Fsp3) is 0.533. The first-order valence-corrected chi connectivity index (χ1v) is 8.88. The van der Waals surface area contributed by atoms with Crippen molar-refractivity contribution in [3.63, 3.8) is 0 Å². The molecule has 1 aromatic rings. The SMILES string of the molecule is Cc1ccc(CNC(=O)CCN2CCCCS2(=O)=O)cc1. The van der Waals surface area contributed by atoms with Gasteiger partial charge in [0, 0.05) is 26.1 Å². The van der Waals surface area contributed by atoms with E-state index in [1.165, 1.54) is 9.87 Å². The van der Waals surface area contributed by atoms with Gasteiger partial charge in [-0.2, -0.15) is 0 Å². The zero-order valence-corrected chi connectivity index (χ0v) is 13.2. The molecule has 0 atom stereocenters. The summed E-state index contributed by atoms with van der Waals surface area (Å²) in [5.74, 6) is 0.0918. The first kappa shape index (κ1) is 16.0. The molecule has 1 saturated heterocycles. The molecule has 1 amide bonds. The normalized spacial score (nSPS) is 18.3. The van der Waals surface area contributed by atoms with E-state index in [-0.39, 0.29) is 24.6 Å². The Bertz CT molecular complexity index is 581. The van der Waals surface area contributed by atoms with Gasteiger partial charge in [-0.15, -0.1) is 0 Å². The molecule has 0 bridgehead atoms. The molecule has 1 aromatic carbocycles. The lowest BCUT2D eigenvalue weighted by molar-refractivity contribution is -0.121. The number of carbonyl (C=O) groups is 1. The summed E-state index contributed by atoms with van der Waals surface area (Å²) in [6, 6.07) is 7.96. The van der Waals surface area contributed by atoms with Crippen LogP contribution in [0.1, 0.15) is 30.4 Å². The monoisotopic (exact) mass is 310 g/mol. The first-order valence-electron chi connectivity index (χ1n) is 7.27. The zero-order valence-electron chi connectivity index (χ0n) is 12.3. The third-order valence-electron chi connectivity index (χ3n) is 3.65. The van der Waals surface area contributed by atoms with Gasteiger partial charge in [0.05, 0.1) is 5.75 Å². The average Bonchev–Trinajstić information content (AvgIpc) is 2.45. The van der Waals surface area contributed by atoms with Crippen LogP contribution < -0.4 is 5.32 Å². The highest BCUT2D eigenvalue weighted by Crippen LogP contribution is 2.13. The Hall–Kier alpha value is -1.40. The van der Waals surface area contributed by atoms with Crippen LogP contribution in [0.5, 0.6) is 0 Å². The Balaban J connectivity index is 1.76. The lowest BCUT2D eigenvalue weighted by Gasteiger charge is -2.25. The maximum atomic E-state index is 11.8. The van der Waals surface area contributed by atoms with Crippen LogP contribution in [-0.2, 0) is 21.4 Å². The number of nitrogens with one attached hydrogen (secondary N) is 1. The van der Waals surface area contributed by atoms with E-state index in [0.29, 0.717) is 13.1 Å². The van der Waals surface area contributed by atoms with Crippen molar-refractivity contribution >= 4 is 15.9 Å². The largest absolute Gasteiger partial charge is 0.352 e. The molecule has 0 aromatic heterocycles. The Morgan fingerprint density at radius 2 is 1.95 bits per heavy atom. The number of rotatable bonds is 5. The molecule has 5 nitrogen and oxygen atoms in total. The number of benzene rings is 1. The third-order valence-corrected chi connectivity index (χ3v) is 5.61. The summed E-state index contributed by atoms with van der Waals surface area (Å²) in [6.45, 7) is 3.31. The van der Waals surface area contributed by atoms with Crippen LogP contribution in [0.25, 0.3) is 0 Å². The summed E-state index contributed by atoms with van der Waals surface area (Å²) < 4.78 is 25.0. The Labute approximate surface area is 126 Å². The minimum atomic E-state index is -3.14. The summed E-state index contributed by atoms with van der Waals surface area (Å²) in [5.41, 5.74) is 2.22. The molecule has 2 rings (SSSR count). The van der Waals surface area contributed by atoms with Gasteiger partial charge in [-0.05, 0) is 25.3 Å². The number of aryl methyl sites for hydroxylation is 1. The number of sulfonamides is 1. The molecular formula is C15H22N2O3S. The highest BCUT2D eigenvalue weighted by atomic mass is 32.2. The molecule has 0 spiro atoms. The molecule has 1 fully saturated rings. The molecule has 0 unspecified atom stereocenters. The summed E-state index contributed by atoms with van der Waals surface area (Å²) in [6.07, 6.45) is 1.81. The van der Waals surface area contributed by atoms with Crippen LogP contribution in [-0.4, -0.2) is 37.5 Å². The molecule has 21 heavy (non-hydrogen) atoms. The molecule has 1 aliphatic rings. The van der Waals surface area contributed by atoms with E-state index >= 15 is 0 Å². The zero-order chi connectivity index (χ0) is 15.3. The Morgan fingerprint density at radius 1 is 1.24 bits per heavy atom. The smallest absolute Gasteiger partial charge is 0.221 e. The van der Waals surface area contributed by atoms with Crippen LogP contribution >= 0.6 is 0 Å². The third kappa shape index (κ3) is 4.82. The van der Waals surface area contributed by atoms with Crippen LogP contribution in [0.2, 0.25) is 0 Å². The number of nitrogens with zero attached hydrogens (tertiary/aromatic N) is 1. The fourth-order valence-electron chi connectivity index (χ4n) is 2.31. The summed E-state index contributed by atoms with van der Waals surface area (Å²) in [5, 5.41) is 2.82. The predicted molar refractivity (Wildman–Crippen MR) is 82.2 cm³/mol. The number of carbonyl (C=O) groups excluding carboxylic acids is 1. The van der Waals surface area contributed by atoms with Gasteiger partial charge < -0.3 is 5.32 Å². The fourth-order valence-corrected chi connectivity index (χ4v) is 3.92. The summed E-state index contributed by atoms with van der Waals surface area (Å²) in [7, 11) is -3.14. The topological polar surface area (TPSA) is 66.5 Å². The first-order chi connectivity index (χ1) is 9.97. The second-order valence-corrected chi connectivity index (χ2v) is 7.52. The van der Waals surface area contributed by atoms with Gasteiger partial charge in [0.1, 0.15) is 0 Å². The minimum Gasteiger partial charge on any atom is -0.352 e. The van der Waals surface area contributed by atoms with Gasteiger partial charge >= 0.3 is 0 Å². The van der Waals surface area contributed by atoms with Crippen molar-refractivity contribution in [3.8, 4) is 0 Å². The van der Waals surface area contributed by atoms with Crippen LogP contribution in [0.4, 0.5) is 0 Å². The Morgan fingerprint density at radius 3 is 2.62 bits per heavy atom. The van der Waals surface area contributed by atoms with E-state index in [4.69, 9.17) is 0 Å². The second kappa shape index (κ2) is 7.04. The maximum absolute atomic E-state index is 11.8.